The third-order valence-electron chi connectivity index (χ3n) is 3.82. The van der Waals surface area contributed by atoms with Gasteiger partial charge >= 0.3 is 5.97 Å². The van der Waals surface area contributed by atoms with Crippen LogP contribution in [0, 0.1) is 0 Å². The summed E-state index contributed by atoms with van der Waals surface area (Å²) < 4.78 is 10.5. The van der Waals surface area contributed by atoms with Crippen LogP contribution in [0.4, 0.5) is 0 Å². The van der Waals surface area contributed by atoms with Crippen molar-refractivity contribution in [2.75, 3.05) is 13.7 Å². The zero-order chi connectivity index (χ0) is 17.1. The SMILES string of the molecule is CCCCOC(=O)c1cc(=O)c2c(cc(OC)c3ncccc32)[nH]1. The Morgan fingerprint density at radius 1 is 1.33 bits per heavy atom. The van der Waals surface area contributed by atoms with Crippen molar-refractivity contribution in [3.05, 3.63) is 46.4 Å². The van der Waals surface area contributed by atoms with E-state index in [9.17, 15) is 9.59 Å². The number of pyridine rings is 2. The Labute approximate surface area is 138 Å². The number of benzene rings is 1. The van der Waals surface area contributed by atoms with Crippen LogP contribution in [0.2, 0.25) is 0 Å². The van der Waals surface area contributed by atoms with Gasteiger partial charge in [-0.3, -0.25) is 9.78 Å². The molecule has 6 nitrogen and oxygen atoms in total. The normalized spacial score (nSPS) is 10.9. The minimum absolute atomic E-state index is 0.133. The number of nitrogens with one attached hydrogen (secondary N) is 1. The molecule has 0 aliphatic heterocycles. The maximum Gasteiger partial charge on any atom is 0.354 e. The second kappa shape index (κ2) is 6.70. The Bertz CT molecular complexity index is 962. The molecule has 2 heterocycles. The molecule has 0 amide bonds. The maximum atomic E-state index is 12.6. The van der Waals surface area contributed by atoms with E-state index in [1.54, 1.807) is 18.3 Å². The second-order valence-electron chi connectivity index (χ2n) is 5.44. The number of methoxy groups -OCH3 is 1. The molecule has 0 bridgehead atoms. The number of carbonyl (C=O) groups excluding carboxylic acids is 1. The summed E-state index contributed by atoms with van der Waals surface area (Å²) in [6, 6.07) is 6.51. The lowest BCUT2D eigenvalue weighted by Crippen LogP contribution is -2.13. The van der Waals surface area contributed by atoms with Gasteiger partial charge in [-0.05, 0) is 12.5 Å². The first-order chi connectivity index (χ1) is 11.7. The molecule has 124 valence electrons. The highest BCUT2D eigenvalue weighted by molar-refractivity contribution is 6.08. The monoisotopic (exact) mass is 326 g/mol. The Morgan fingerprint density at radius 2 is 2.17 bits per heavy atom. The van der Waals surface area contributed by atoms with Crippen LogP contribution >= 0.6 is 0 Å². The van der Waals surface area contributed by atoms with Crippen LogP contribution in [-0.4, -0.2) is 29.7 Å². The Balaban J connectivity index is 2.16. The van der Waals surface area contributed by atoms with E-state index in [1.165, 1.54) is 13.2 Å². The molecule has 0 saturated carbocycles. The molecule has 2 aromatic heterocycles. The van der Waals surface area contributed by atoms with Gasteiger partial charge in [-0.1, -0.05) is 19.4 Å². The Kier molecular flexibility index (Phi) is 4.46. The number of fused-ring (bicyclic) bond motifs is 3. The summed E-state index contributed by atoms with van der Waals surface area (Å²) in [5.74, 6) is -0.00190. The lowest BCUT2D eigenvalue weighted by molar-refractivity contribution is 0.0493. The molecule has 0 aliphatic carbocycles. The number of hydrogen-bond acceptors (Lipinski definition) is 5. The number of hydrogen-bond donors (Lipinski definition) is 1. The number of aromatic nitrogens is 2. The standard InChI is InChI=1S/C18H18N2O4/c1-3-4-8-24-18(22)13-9-14(21)16-11-6-5-7-19-17(11)15(23-2)10-12(16)20-13/h5-7,9-10H,3-4,8H2,1-2H3,(H,20,21). The molecule has 0 aliphatic rings. The van der Waals surface area contributed by atoms with E-state index in [0.29, 0.717) is 34.2 Å². The quantitative estimate of drug-likeness (QED) is 0.443. The van der Waals surface area contributed by atoms with Crippen molar-refractivity contribution in [3.8, 4) is 5.75 Å². The molecule has 0 saturated heterocycles. The van der Waals surface area contributed by atoms with Crippen molar-refractivity contribution in [3.63, 3.8) is 0 Å². The minimum Gasteiger partial charge on any atom is -0.494 e. The van der Waals surface area contributed by atoms with E-state index in [2.05, 4.69) is 9.97 Å². The van der Waals surface area contributed by atoms with Crippen molar-refractivity contribution in [2.24, 2.45) is 0 Å². The number of rotatable bonds is 5. The largest absolute Gasteiger partial charge is 0.494 e. The highest BCUT2D eigenvalue weighted by Crippen LogP contribution is 2.29. The molecule has 0 radical (unpaired) electrons. The first-order valence-corrected chi connectivity index (χ1v) is 7.81. The summed E-state index contributed by atoms with van der Waals surface area (Å²) in [7, 11) is 1.54. The molecular formula is C18H18N2O4. The van der Waals surface area contributed by atoms with Crippen LogP contribution in [0.25, 0.3) is 21.8 Å². The van der Waals surface area contributed by atoms with Gasteiger partial charge in [-0.25, -0.2) is 4.79 Å². The van der Waals surface area contributed by atoms with Crippen LogP contribution in [0.3, 0.4) is 0 Å². The van der Waals surface area contributed by atoms with Gasteiger partial charge in [0, 0.05) is 23.7 Å². The third-order valence-corrected chi connectivity index (χ3v) is 3.82. The van der Waals surface area contributed by atoms with Crippen LogP contribution < -0.4 is 10.2 Å². The predicted octanol–water partition coefficient (Wildman–Crippen LogP) is 3.04. The predicted molar refractivity (Wildman–Crippen MR) is 91.6 cm³/mol. The van der Waals surface area contributed by atoms with Crippen molar-refractivity contribution in [2.45, 2.75) is 19.8 Å². The minimum atomic E-state index is -0.535. The molecule has 3 aromatic rings. The number of H-pyrrole nitrogens is 1. The Morgan fingerprint density at radius 3 is 2.92 bits per heavy atom. The fourth-order valence-electron chi connectivity index (χ4n) is 2.62. The summed E-state index contributed by atoms with van der Waals surface area (Å²) in [4.78, 5) is 31.9. The second-order valence-corrected chi connectivity index (χ2v) is 5.44. The van der Waals surface area contributed by atoms with E-state index in [4.69, 9.17) is 9.47 Å². The Hall–Kier alpha value is -2.89. The topological polar surface area (TPSA) is 81.3 Å². The number of nitrogens with zero attached hydrogens (tertiary/aromatic N) is 1. The molecule has 0 unspecified atom stereocenters. The summed E-state index contributed by atoms with van der Waals surface area (Å²) in [6.07, 6.45) is 3.36. The summed E-state index contributed by atoms with van der Waals surface area (Å²) in [5, 5.41) is 1.16. The van der Waals surface area contributed by atoms with Gasteiger partial charge in [0.05, 0.1) is 24.6 Å². The van der Waals surface area contributed by atoms with Crippen molar-refractivity contribution < 1.29 is 14.3 Å². The molecular weight excluding hydrogens is 308 g/mol. The van der Waals surface area contributed by atoms with E-state index < -0.39 is 5.97 Å². The van der Waals surface area contributed by atoms with Crippen molar-refractivity contribution >= 4 is 27.8 Å². The lowest BCUT2D eigenvalue weighted by atomic mass is 10.1. The van der Waals surface area contributed by atoms with Gasteiger partial charge in [0.15, 0.2) is 5.43 Å². The molecule has 3 rings (SSSR count). The van der Waals surface area contributed by atoms with Crippen LogP contribution in [0.1, 0.15) is 30.3 Å². The van der Waals surface area contributed by atoms with E-state index >= 15 is 0 Å². The number of ether oxygens (including phenoxy) is 2. The van der Waals surface area contributed by atoms with Crippen LogP contribution in [0.15, 0.2) is 35.3 Å². The third kappa shape index (κ3) is 2.82. The smallest absolute Gasteiger partial charge is 0.354 e. The van der Waals surface area contributed by atoms with Crippen molar-refractivity contribution in [1.82, 2.24) is 9.97 Å². The number of unbranched alkanes of at least 4 members (excludes halogenated alkanes) is 1. The molecule has 1 aromatic carbocycles. The fraction of sp³-hybridized carbons (Fsp3) is 0.278. The molecule has 24 heavy (non-hydrogen) atoms. The molecule has 6 heteroatoms. The van der Waals surface area contributed by atoms with E-state index in [-0.39, 0.29) is 11.1 Å². The summed E-state index contributed by atoms with van der Waals surface area (Å²) in [5.41, 5.74) is 0.999. The average molecular weight is 326 g/mol. The fourth-order valence-corrected chi connectivity index (χ4v) is 2.62. The first-order valence-electron chi connectivity index (χ1n) is 7.81. The highest BCUT2D eigenvalue weighted by Gasteiger charge is 2.15. The molecule has 0 fully saturated rings. The summed E-state index contributed by atoms with van der Waals surface area (Å²) in [6.45, 7) is 2.34. The number of carbonyl (C=O) groups is 1. The zero-order valence-electron chi connectivity index (χ0n) is 13.6. The first kappa shape index (κ1) is 16.0. The van der Waals surface area contributed by atoms with E-state index in [0.717, 1.165) is 12.8 Å². The van der Waals surface area contributed by atoms with Crippen molar-refractivity contribution in [1.29, 1.82) is 0 Å². The molecule has 0 atom stereocenters. The van der Waals surface area contributed by atoms with Gasteiger partial charge in [-0.15, -0.1) is 0 Å². The van der Waals surface area contributed by atoms with Gasteiger partial charge in [-0.2, -0.15) is 0 Å². The number of aromatic amines is 1. The number of esters is 1. The lowest BCUT2D eigenvalue weighted by Gasteiger charge is -2.10. The van der Waals surface area contributed by atoms with Gasteiger partial charge in [0.25, 0.3) is 0 Å². The van der Waals surface area contributed by atoms with Crippen LogP contribution in [0.5, 0.6) is 5.75 Å². The average Bonchev–Trinajstić information content (AvgIpc) is 2.60. The van der Waals surface area contributed by atoms with E-state index in [1.807, 2.05) is 13.0 Å². The van der Waals surface area contributed by atoms with Gasteiger partial charge in [0.2, 0.25) is 0 Å². The zero-order valence-corrected chi connectivity index (χ0v) is 13.6. The van der Waals surface area contributed by atoms with Gasteiger partial charge in [0.1, 0.15) is 17.0 Å². The maximum absolute atomic E-state index is 12.6. The van der Waals surface area contributed by atoms with Crippen LogP contribution in [-0.2, 0) is 4.74 Å². The highest BCUT2D eigenvalue weighted by atomic mass is 16.5. The molecule has 0 spiro atoms. The summed E-state index contributed by atoms with van der Waals surface area (Å²) >= 11 is 0. The van der Waals surface area contributed by atoms with Gasteiger partial charge < -0.3 is 14.5 Å². The molecule has 1 N–H and O–H groups in total.